The summed E-state index contributed by atoms with van der Waals surface area (Å²) in [4.78, 5) is 4.47. The van der Waals surface area contributed by atoms with Crippen LogP contribution in [0.3, 0.4) is 0 Å². The molecule has 0 amide bonds. The Kier molecular flexibility index (Phi) is 4.57. The molecule has 1 aliphatic heterocycles. The molecule has 2 heterocycles. The number of nitrogens with one attached hydrogen (secondary N) is 1. The summed E-state index contributed by atoms with van der Waals surface area (Å²) in [6, 6.07) is 6.54. The molecule has 0 bridgehead atoms. The van der Waals surface area contributed by atoms with Crippen molar-refractivity contribution in [3.63, 3.8) is 0 Å². The Bertz CT molecular complexity index is 1030. The van der Waals surface area contributed by atoms with E-state index in [1.165, 1.54) is 0 Å². The topological polar surface area (TPSA) is 86.1 Å². The van der Waals surface area contributed by atoms with Crippen LogP contribution in [0.4, 0.5) is 5.69 Å². The molecule has 2 aliphatic rings. The third-order valence-corrected chi connectivity index (χ3v) is 7.93. The minimum absolute atomic E-state index is 0.147. The average Bonchev–Trinajstić information content (AvgIpc) is 3.48. The lowest BCUT2D eigenvalue weighted by Gasteiger charge is -2.32. The number of fused-ring (bicyclic) bond motifs is 1. The van der Waals surface area contributed by atoms with E-state index in [-0.39, 0.29) is 11.3 Å². The van der Waals surface area contributed by atoms with Crippen LogP contribution < -0.4 is 5.32 Å². The average molecular weight is 385 g/mol. The van der Waals surface area contributed by atoms with Crippen LogP contribution in [0.1, 0.15) is 42.4 Å². The van der Waals surface area contributed by atoms with Crippen molar-refractivity contribution in [3.05, 3.63) is 35.0 Å². The second-order valence-electron chi connectivity index (χ2n) is 7.70. The normalized spacial score (nSPS) is 19.1. The van der Waals surface area contributed by atoms with Gasteiger partial charge in [-0.15, -0.1) is 0 Å². The van der Waals surface area contributed by atoms with E-state index in [0.717, 1.165) is 53.4 Å². The van der Waals surface area contributed by atoms with Gasteiger partial charge in [-0.3, -0.25) is 4.98 Å². The van der Waals surface area contributed by atoms with Gasteiger partial charge in [0, 0.05) is 30.7 Å². The number of aromatic nitrogens is 1. The van der Waals surface area contributed by atoms with E-state index < -0.39 is 10.0 Å². The van der Waals surface area contributed by atoms with Crippen molar-refractivity contribution < 1.29 is 8.42 Å². The lowest BCUT2D eigenvalue weighted by atomic mass is 10.0. The molecule has 27 heavy (non-hydrogen) atoms. The second kappa shape index (κ2) is 6.77. The Morgan fingerprint density at radius 3 is 2.52 bits per heavy atom. The van der Waals surface area contributed by atoms with E-state index in [0.29, 0.717) is 18.7 Å². The van der Waals surface area contributed by atoms with Gasteiger partial charge in [-0.25, -0.2) is 12.7 Å². The summed E-state index contributed by atoms with van der Waals surface area (Å²) in [6.07, 6.45) is 4.71. The van der Waals surface area contributed by atoms with Gasteiger partial charge in [0.2, 0.25) is 10.0 Å². The van der Waals surface area contributed by atoms with Crippen LogP contribution in [0, 0.1) is 25.2 Å². The summed E-state index contributed by atoms with van der Waals surface area (Å²) in [6.45, 7) is 5.15. The smallest absolute Gasteiger partial charge is 0.216 e. The van der Waals surface area contributed by atoms with Crippen LogP contribution in [-0.2, 0) is 10.0 Å². The first kappa shape index (κ1) is 18.2. The highest BCUT2D eigenvalue weighted by molar-refractivity contribution is 7.90. The lowest BCUT2D eigenvalue weighted by Crippen LogP contribution is -2.43. The number of pyridine rings is 1. The predicted molar refractivity (Wildman–Crippen MR) is 106 cm³/mol. The van der Waals surface area contributed by atoms with E-state index in [1.807, 2.05) is 13.8 Å². The maximum Gasteiger partial charge on any atom is 0.216 e. The zero-order valence-corrected chi connectivity index (χ0v) is 16.5. The number of hydrogen-bond donors (Lipinski definition) is 1. The Balaban J connectivity index is 1.58. The van der Waals surface area contributed by atoms with Crippen LogP contribution in [0.2, 0.25) is 0 Å². The molecule has 0 radical (unpaired) electrons. The van der Waals surface area contributed by atoms with Crippen LogP contribution in [-0.4, -0.2) is 42.1 Å². The molecule has 1 aliphatic carbocycles. The predicted octanol–water partition coefficient (Wildman–Crippen LogP) is 3.09. The molecule has 1 aromatic carbocycles. The molecule has 1 saturated carbocycles. The summed E-state index contributed by atoms with van der Waals surface area (Å²) in [7, 11) is -3.10. The summed E-state index contributed by atoms with van der Waals surface area (Å²) < 4.78 is 26.5. The minimum atomic E-state index is -3.10. The summed E-state index contributed by atoms with van der Waals surface area (Å²) >= 11 is 0. The fourth-order valence-electron chi connectivity index (χ4n) is 3.94. The summed E-state index contributed by atoms with van der Waals surface area (Å²) in [5.41, 5.74) is 4.46. The van der Waals surface area contributed by atoms with Crippen LogP contribution in [0.25, 0.3) is 10.9 Å². The van der Waals surface area contributed by atoms with E-state index in [4.69, 9.17) is 0 Å². The molecule has 142 valence electrons. The van der Waals surface area contributed by atoms with E-state index in [1.54, 1.807) is 10.5 Å². The zero-order valence-electron chi connectivity index (χ0n) is 15.7. The number of aryl methyl sites for hydroxylation is 2. The molecular weight excluding hydrogens is 360 g/mol. The number of nitrogens with zero attached hydrogens (tertiary/aromatic N) is 3. The first-order valence-corrected chi connectivity index (χ1v) is 11.0. The van der Waals surface area contributed by atoms with Gasteiger partial charge in [0.15, 0.2) is 0 Å². The number of rotatable bonds is 4. The van der Waals surface area contributed by atoms with Crippen molar-refractivity contribution in [3.8, 4) is 6.07 Å². The van der Waals surface area contributed by atoms with Gasteiger partial charge >= 0.3 is 0 Å². The van der Waals surface area contributed by atoms with Crippen LogP contribution in [0.5, 0.6) is 0 Å². The van der Waals surface area contributed by atoms with Crippen molar-refractivity contribution in [2.45, 2.75) is 50.8 Å². The SMILES string of the molecule is Cc1cc(C)c2ncc(C#N)c(NC3CCN(S(=O)(=O)C4CC4)CC3)c2c1. The Labute approximate surface area is 160 Å². The Morgan fingerprint density at radius 1 is 1.19 bits per heavy atom. The molecule has 2 fully saturated rings. The van der Waals surface area contributed by atoms with Gasteiger partial charge in [0.05, 0.1) is 22.0 Å². The molecule has 0 unspecified atom stereocenters. The molecule has 1 aromatic heterocycles. The molecule has 1 N–H and O–H groups in total. The standard InChI is InChI=1S/C20H24N4O2S/c1-13-9-14(2)19-18(10-13)20(15(11-21)12-22-19)23-16-5-7-24(8-6-16)27(25,26)17-3-4-17/h9-10,12,16-17H,3-8H2,1-2H3,(H,22,23). The quantitative estimate of drug-likeness (QED) is 0.875. The van der Waals surface area contributed by atoms with E-state index in [9.17, 15) is 13.7 Å². The van der Waals surface area contributed by atoms with Gasteiger partial charge in [-0.2, -0.15) is 5.26 Å². The number of nitriles is 1. The Hall–Kier alpha value is -2.17. The third-order valence-electron chi connectivity index (χ3n) is 5.53. The van der Waals surface area contributed by atoms with Crippen molar-refractivity contribution in [1.82, 2.24) is 9.29 Å². The molecule has 7 heteroatoms. The van der Waals surface area contributed by atoms with Gasteiger partial charge in [0.1, 0.15) is 6.07 Å². The van der Waals surface area contributed by atoms with Crippen LogP contribution >= 0.6 is 0 Å². The highest BCUT2D eigenvalue weighted by Crippen LogP contribution is 2.34. The number of anilines is 1. The maximum atomic E-state index is 12.4. The number of sulfonamides is 1. The fraction of sp³-hybridized carbons (Fsp3) is 0.500. The van der Waals surface area contributed by atoms with Crippen molar-refractivity contribution in [2.24, 2.45) is 0 Å². The molecule has 4 rings (SSSR count). The molecule has 0 atom stereocenters. The van der Waals surface area contributed by atoms with E-state index >= 15 is 0 Å². The zero-order chi connectivity index (χ0) is 19.2. The lowest BCUT2D eigenvalue weighted by molar-refractivity contribution is 0.329. The van der Waals surface area contributed by atoms with Crippen LogP contribution in [0.15, 0.2) is 18.3 Å². The molecular formula is C20H24N4O2S. The van der Waals surface area contributed by atoms with Gasteiger partial charge in [-0.1, -0.05) is 11.6 Å². The van der Waals surface area contributed by atoms with E-state index in [2.05, 4.69) is 28.5 Å². The molecule has 0 spiro atoms. The number of hydrogen-bond acceptors (Lipinski definition) is 5. The molecule has 2 aromatic rings. The van der Waals surface area contributed by atoms with Gasteiger partial charge < -0.3 is 5.32 Å². The highest BCUT2D eigenvalue weighted by atomic mass is 32.2. The largest absolute Gasteiger partial charge is 0.381 e. The Morgan fingerprint density at radius 2 is 1.89 bits per heavy atom. The molecule has 6 nitrogen and oxygen atoms in total. The van der Waals surface area contributed by atoms with Crippen molar-refractivity contribution in [1.29, 1.82) is 5.26 Å². The maximum absolute atomic E-state index is 12.4. The van der Waals surface area contributed by atoms with Crippen molar-refractivity contribution in [2.75, 3.05) is 18.4 Å². The number of piperidine rings is 1. The van der Waals surface area contributed by atoms with Crippen molar-refractivity contribution >= 4 is 26.6 Å². The van der Waals surface area contributed by atoms with Gasteiger partial charge in [-0.05, 0) is 51.2 Å². The summed E-state index contributed by atoms with van der Waals surface area (Å²) in [5, 5.41) is 13.9. The summed E-state index contributed by atoms with van der Waals surface area (Å²) in [5.74, 6) is 0. The minimum Gasteiger partial charge on any atom is -0.381 e. The number of benzene rings is 1. The first-order valence-electron chi connectivity index (χ1n) is 9.45. The fourth-order valence-corrected chi connectivity index (χ4v) is 5.81. The molecule has 1 saturated heterocycles. The monoisotopic (exact) mass is 384 g/mol. The van der Waals surface area contributed by atoms with Gasteiger partial charge in [0.25, 0.3) is 0 Å². The highest BCUT2D eigenvalue weighted by Gasteiger charge is 2.41. The third kappa shape index (κ3) is 3.40. The second-order valence-corrected chi connectivity index (χ2v) is 9.91. The first-order chi connectivity index (χ1) is 12.9.